The zero-order valence-corrected chi connectivity index (χ0v) is 14.3. The fraction of sp³-hybridized carbons (Fsp3) is 0.412. The molecule has 0 bridgehead atoms. The van der Waals surface area contributed by atoms with Crippen LogP contribution in [-0.2, 0) is 16.1 Å². The van der Waals surface area contributed by atoms with Crippen LogP contribution in [0.3, 0.4) is 0 Å². The summed E-state index contributed by atoms with van der Waals surface area (Å²) in [5.74, 6) is -0.922. The van der Waals surface area contributed by atoms with E-state index in [0.717, 1.165) is 10.5 Å². The van der Waals surface area contributed by atoms with E-state index in [1.54, 1.807) is 31.3 Å². The Kier molecular flexibility index (Phi) is 6.10. The van der Waals surface area contributed by atoms with Crippen LogP contribution in [0, 0.1) is 0 Å². The first-order valence-electron chi connectivity index (χ1n) is 8.15. The number of carbonyl (C=O) groups excluding carboxylic acids is 4. The number of nitrogens with zero attached hydrogens (tertiary/aromatic N) is 1. The van der Waals surface area contributed by atoms with Crippen molar-refractivity contribution in [2.75, 3.05) is 13.6 Å². The number of urea groups is 1. The summed E-state index contributed by atoms with van der Waals surface area (Å²) >= 11 is 0. The largest absolute Gasteiger partial charge is 0.355 e. The lowest BCUT2D eigenvalue weighted by atomic mass is 10.1. The van der Waals surface area contributed by atoms with Crippen molar-refractivity contribution in [2.45, 2.75) is 32.4 Å². The molecule has 0 unspecified atom stereocenters. The van der Waals surface area contributed by atoms with E-state index in [0.29, 0.717) is 18.5 Å². The van der Waals surface area contributed by atoms with Crippen molar-refractivity contribution in [1.29, 1.82) is 0 Å². The monoisotopic (exact) mass is 346 g/mol. The minimum Gasteiger partial charge on any atom is -0.355 e. The molecule has 1 aromatic rings. The molecule has 134 valence electrons. The number of amides is 5. The predicted octanol–water partition coefficient (Wildman–Crippen LogP) is 0.383. The zero-order chi connectivity index (χ0) is 18.4. The minimum atomic E-state index is -0.823. The van der Waals surface area contributed by atoms with Crippen LogP contribution in [0.15, 0.2) is 24.3 Å². The third-order valence-electron chi connectivity index (χ3n) is 3.85. The molecule has 1 aromatic carbocycles. The summed E-state index contributed by atoms with van der Waals surface area (Å²) < 4.78 is 0. The van der Waals surface area contributed by atoms with E-state index in [-0.39, 0.29) is 30.7 Å². The van der Waals surface area contributed by atoms with Gasteiger partial charge in [0.2, 0.25) is 5.91 Å². The second-order valence-corrected chi connectivity index (χ2v) is 5.75. The molecule has 25 heavy (non-hydrogen) atoms. The first kappa shape index (κ1) is 18.4. The lowest BCUT2D eigenvalue weighted by Gasteiger charge is -2.11. The number of hydrogen-bond acceptors (Lipinski definition) is 4. The highest BCUT2D eigenvalue weighted by Crippen LogP contribution is 2.10. The lowest BCUT2D eigenvalue weighted by molar-refractivity contribution is -0.130. The molecule has 1 saturated heterocycles. The van der Waals surface area contributed by atoms with Crippen molar-refractivity contribution >= 4 is 23.8 Å². The molecule has 1 heterocycles. The molecule has 8 nitrogen and oxygen atoms in total. The van der Waals surface area contributed by atoms with Crippen LogP contribution in [0.1, 0.15) is 35.7 Å². The zero-order valence-electron chi connectivity index (χ0n) is 14.3. The maximum atomic E-state index is 12.1. The van der Waals surface area contributed by atoms with Crippen molar-refractivity contribution in [3.8, 4) is 0 Å². The third kappa shape index (κ3) is 4.56. The topological polar surface area (TPSA) is 108 Å². The van der Waals surface area contributed by atoms with Gasteiger partial charge in [-0.3, -0.25) is 19.3 Å². The van der Waals surface area contributed by atoms with Crippen molar-refractivity contribution in [3.63, 3.8) is 0 Å². The van der Waals surface area contributed by atoms with Crippen LogP contribution >= 0.6 is 0 Å². The maximum Gasteiger partial charge on any atom is 0.324 e. The van der Waals surface area contributed by atoms with Gasteiger partial charge in [0.05, 0.1) is 6.42 Å². The molecule has 1 aliphatic rings. The molecule has 0 aromatic heterocycles. The molecule has 1 fully saturated rings. The van der Waals surface area contributed by atoms with Gasteiger partial charge >= 0.3 is 6.03 Å². The number of carbonyl (C=O) groups is 4. The van der Waals surface area contributed by atoms with Gasteiger partial charge in [-0.2, -0.15) is 0 Å². The Bertz CT molecular complexity index is 689. The molecule has 1 atom stereocenters. The normalized spacial score (nSPS) is 16.6. The van der Waals surface area contributed by atoms with Crippen LogP contribution in [0.25, 0.3) is 0 Å². The quantitative estimate of drug-likeness (QED) is 0.621. The van der Waals surface area contributed by atoms with E-state index in [1.807, 2.05) is 6.92 Å². The highest BCUT2D eigenvalue weighted by molar-refractivity contribution is 6.05. The number of benzene rings is 1. The van der Waals surface area contributed by atoms with E-state index in [4.69, 9.17) is 0 Å². The van der Waals surface area contributed by atoms with Gasteiger partial charge in [0, 0.05) is 25.7 Å². The van der Waals surface area contributed by atoms with Gasteiger partial charge in [0.15, 0.2) is 0 Å². The number of nitrogens with one attached hydrogen (secondary N) is 3. The summed E-state index contributed by atoms with van der Waals surface area (Å²) in [7, 11) is 1.55. The van der Waals surface area contributed by atoms with Crippen LogP contribution in [0.5, 0.6) is 0 Å². The lowest BCUT2D eigenvalue weighted by Crippen LogP contribution is -2.36. The molecule has 2 rings (SSSR count). The van der Waals surface area contributed by atoms with Crippen molar-refractivity contribution < 1.29 is 19.2 Å². The first-order valence-corrected chi connectivity index (χ1v) is 8.15. The molecule has 5 amide bonds. The fourth-order valence-electron chi connectivity index (χ4n) is 2.58. The molecule has 0 spiro atoms. The second kappa shape index (κ2) is 8.27. The molecule has 0 saturated carbocycles. The standard InChI is InChI=1S/C17H22N4O4/c1-3-7-21-16(24)13(20-17(21)25)9-14(22)19-10-11-5-4-6-12(8-11)15(23)18-2/h4-6,8,13H,3,7,9-10H2,1-2H3,(H,18,23)(H,19,22)(H,20,25)/t13-/m1/s1. The van der Waals surface area contributed by atoms with E-state index in [1.165, 1.54) is 0 Å². The van der Waals surface area contributed by atoms with Crippen LogP contribution < -0.4 is 16.0 Å². The van der Waals surface area contributed by atoms with E-state index in [2.05, 4.69) is 16.0 Å². The molecular weight excluding hydrogens is 324 g/mol. The Balaban J connectivity index is 1.88. The van der Waals surface area contributed by atoms with Gasteiger partial charge in [-0.05, 0) is 24.1 Å². The SMILES string of the molecule is CCCN1C(=O)N[C@H](CC(=O)NCc2cccc(C(=O)NC)c2)C1=O. The predicted molar refractivity (Wildman–Crippen MR) is 90.6 cm³/mol. The van der Waals surface area contributed by atoms with Crippen molar-refractivity contribution in [2.24, 2.45) is 0 Å². The minimum absolute atomic E-state index is 0.111. The van der Waals surface area contributed by atoms with E-state index >= 15 is 0 Å². The van der Waals surface area contributed by atoms with Gasteiger partial charge < -0.3 is 16.0 Å². The molecule has 8 heteroatoms. The van der Waals surface area contributed by atoms with Crippen LogP contribution in [0.4, 0.5) is 4.79 Å². The molecule has 1 aliphatic heterocycles. The van der Waals surface area contributed by atoms with Crippen LogP contribution in [0.2, 0.25) is 0 Å². The highest BCUT2D eigenvalue weighted by Gasteiger charge is 2.38. The average molecular weight is 346 g/mol. The molecule has 0 aliphatic carbocycles. The van der Waals surface area contributed by atoms with E-state index in [9.17, 15) is 19.2 Å². The third-order valence-corrected chi connectivity index (χ3v) is 3.85. The summed E-state index contributed by atoms with van der Waals surface area (Å²) in [4.78, 5) is 48.6. The second-order valence-electron chi connectivity index (χ2n) is 5.75. The summed E-state index contributed by atoms with van der Waals surface area (Å²) in [5, 5.41) is 7.76. The summed E-state index contributed by atoms with van der Waals surface area (Å²) in [5.41, 5.74) is 1.27. The van der Waals surface area contributed by atoms with Crippen LogP contribution in [-0.4, -0.2) is 48.3 Å². The van der Waals surface area contributed by atoms with Gasteiger partial charge in [0.1, 0.15) is 6.04 Å². The number of rotatable bonds is 7. The van der Waals surface area contributed by atoms with Crippen molar-refractivity contribution in [1.82, 2.24) is 20.9 Å². The smallest absolute Gasteiger partial charge is 0.324 e. The number of imide groups is 1. The summed E-state index contributed by atoms with van der Waals surface area (Å²) in [6.07, 6.45) is 0.555. The Morgan fingerprint density at radius 1 is 1.28 bits per heavy atom. The fourth-order valence-corrected chi connectivity index (χ4v) is 2.58. The summed E-state index contributed by atoms with van der Waals surface area (Å²) in [6, 6.07) is 5.61. The Morgan fingerprint density at radius 2 is 2.04 bits per heavy atom. The Labute approximate surface area is 145 Å². The van der Waals surface area contributed by atoms with Gasteiger partial charge in [-0.25, -0.2) is 4.79 Å². The first-order chi connectivity index (χ1) is 12.0. The van der Waals surface area contributed by atoms with E-state index < -0.39 is 12.1 Å². The molecule has 0 radical (unpaired) electrons. The Hall–Kier alpha value is -2.90. The number of hydrogen-bond donors (Lipinski definition) is 3. The van der Waals surface area contributed by atoms with Crippen molar-refractivity contribution in [3.05, 3.63) is 35.4 Å². The molecular formula is C17H22N4O4. The van der Waals surface area contributed by atoms with Gasteiger partial charge in [0.25, 0.3) is 11.8 Å². The summed E-state index contributed by atoms with van der Waals surface area (Å²) in [6.45, 7) is 2.44. The molecule has 3 N–H and O–H groups in total. The Morgan fingerprint density at radius 3 is 2.72 bits per heavy atom. The highest BCUT2D eigenvalue weighted by atomic mass is 16.2. The average Bonchev–Trinajstić information content (AvgIpc) is 2.87. The van der Waals surface area contributed by atoms with Gasteiger partial charge in [-0.1, -0.05) is 19.1 Å². The van der Waals surface area contributed by atoms with Gasteiger partial charge in [-0.15, -0.1) is 0 Å². The maximum absolute atomic E-state index is 12.1.